The topological polar surface area (TPSA) is 78.3 Å². The number of fused-ring (bicyclic) bond motifs is 1. The molecule has 0 spiro atoms. The van der Waals surface area contributed by atoms with Crippen molar-refractivity contribution in [1.82, 2.24) is 14.8 Å². The van der Waals surface area contributed by atoms with Crippen molar-refractivity contribution < 1.29 is 14.3 Å². The predicted molar refractivity (Wildman–Crippen MR) is 149 cm³/mol. The average Bonchev–Trinajstić information content (AvgIpc) is 3.24. The lowest BCUT2D eigenvalue weighted by Crippen LogP contribution is -2.36. The van der Waals surface area contributed by atoms with E-state index >= 15 is 0 Å². The van der Waals surface area contributed by atoms with Crippen molar-refractivity contribution in [2.75, 3.05) is 17.7 Å². The Hall–Kier alpha value is -2.78. The number of hydrogen-bond donors (Lipinski definition) is 1. The Labute approximate surface area is 230 Å². The molecule has 3 aromatic rings. The van der Waals surface area contributed by atoms with Gasteiger partial charge in [0.1, 0.15) is 12.6 Å². The zero-order valence-corrected chi connectivity index (χ0v) is 23.9. The van der Waals surface area contributed by atoms with E-state index in [-0.39, 0.29) is 11.2 Å². The number of ether oxygens (including phenoxy) is 2. The summed E-state index contributed by atoms with van der Waals surface area (Å²) < 4.78 is 14.9. The molecule has 1 unspecified atom stereocenters. The number of thioether (sulfide) groups is 1. The lowest BCUT2D eigenvalue weighted by Gasteiger charge is -2.38. The normalized spacial score (nSPS) is 18.2. The molecule has 1 N–H and O–H groups in total. The number of carbonyl (C=O) groups excluding carboxylic acids is 1. The van der Waals surface area contributed by atoms with Gasteiger partial charge in [-0.05, 0) is 63.7 Å². The van der Waals surface area contributed by atoms with Gasteiger partial charge in [-0.2, -0.15) is 4.98 Å². The number of ketones is 1. The molecule has 9 heteroatoms. The van der Waals surface area contributed by atoms with E-state index in [4.69, 9.17) is 19.6 Å². The van der Waals surface area contributed by atoms with Crippen LogP contribution in [-0.4, -0.2) is 32.9 Å². The molecule has 2 aromatic carbocycles. The highest BCUT2D eigenvalue weighted by Crippen LogP contribution is 2.48. The third kappa shape index (κ3) is 5.29. The van der Waals surface area contributed by atoms with Crippen LogP contribution in [0.1, 0.15) is 57.7 Å². The van der Waals surface area contributed by atoms with Crippen LogP contribution < -0.4 is 14.8 Å². The molecule has 0 fully saturated rings. The second kappa shape index (κ2) is 10.5. The van der Waals surface area contributed by atoms with E-state index in [1.807, 2.05) is 54.1 Å². The van der Waals surface area contributed by atoms with Crippen LogP contribution in [0.15, 0.2) is 63.4 Å². The minimum Gasteiger partial charge on any atom is -0.490 e. The summed E-state index contributed by atoms with van der Waals surface area (Å²) in [6, 6.07) is 13.6. The number of anilines is 1. The van der Waals surface area contributed by atoms with Gasteiger partial charge in [0.15, 0.2) is 17.3 Å². The summed E-state index contributed by atoms with van der Waals surface area (Å²) in [5.74, 6) is 2.91. The smallest absolute Gasteiger partial charge is 0.227 e. The van der Waals surface area contributed by atoms with Gasteiger partial charge < -0.3 is 14.8 Å². The van der Waals surface area contributed by atoms with Crippen LogP contribution in [0.2, 0.25) is 0 Å². The largest absolute Gasteiger partial charge is 0.490 e. The van der Waals surface area contributed by atoms with Crippen molar-refractivity contribution in [3.8, 4) is 11.5 Å². The monoisotopic (exact) mass is 582 g/mol. The second-order valence-corrected chi connectivity index (χ2v) is 12.1. The fraction of sp³-hybridized carbons (Fsp3) is 0.393. The van der Waals surface area contributed by atoms with Crippen LogP contribution >= 0.6 is 27.7 Å². The highest BCUT2D eigenvalue weighted by Gasteiger charge is 2.42. The molecule has 1 aliphatic carbocycles. The Morgan fingerprint density at radius 2 is 1.95 bits per heavy atom. The first-order valence-electron chi connectivity index (χ1n) is 12.5. The molecule has 0 amide bonds. The molecule has 37 heavy (non-hydrogen) atoms. The van der Waals surface area contributed by atoms with Crippen LogP contribution in [0.5, 0.6) is 11.5 Å². The number of aromatic nitrogens is 3. The van der Waals surface area contributed by atoms with Crippen molar-refractivity contribution in [3.63, 3.8) is 0 Å². The number of Topliss-reactive ketones (excluding diaryl/α,β-unsaturated/α-hetero) is 1. The number of benzene rings is 2. The van der Waals surface area contributed by atoms with Gasteiger partial charge in [0.2, 0.25) is 11.1 Å². The summed E-state index contributed by atoms with van der Waals surface area (Å²) in [5.41, 5.74) is 3.51. The first-order chi connectivity index (χ1) is 17.8. The number of nitrogens with one attached hydrogen (secondary N) is 1. The number of halogens is 1. The molecule has 2 heterocycles. The maximum Gasteiger partial charge on any atom is 0.227 e. The van der Waals surface area contributed by atoms with E-state index in [1.54, 1.807) is 11.8 Å². The molecule has 7 nitrogen and oxygen atoms in total. The van der Waals surface area contributed by atoms with Gasteiger partial charge in [0.25, 0.3) is 0 Å². The number of nitrogens with zero attached hydrogens (tertiary/aromatic N) is 3. The van der Waals surface area contributed by atoms with Crippen molar-refractivity contribution in [1.29, 1.82) is 0 Å². The number of rotatable bonds is 8. The molecule has 0 saturated heterocycles. The lowest BCUT2D eigenvalue weighted by atomic mass is 9.73. The van der Waals surface area contributed by atoms with Crippen molar-refractivity contribution in [3.05, 3.63) is 69.3 Å². The van der Waals surface area contributed by atoms with E-state index in [1.165, 1.54) is 0 Å². The Morgan fingerprint density at radius 3 is 2.68 bits per heavy atom. The molecular formula is C28H31BrN4O3S. The molecule has 0 bridgehead atoms. The summed E-state index contributed by atoms with van der Waals surface area (Å²) in [7, 11) is 0. The van der Waals surface area contributed by atoms with Crippen LogP contribution in [0, 0.1) is 5.41 Å². The molecule has 1 aliphatic heterocycles. The Morgan fingerprint density at radius 1 is 1.16 bits per heavy atom. The minimum absolute atomic E-state index is 0.122. The molecule has 5 rings (SSSR count). The highest BCUT2D eigenvalue weighted by atomic mass is 79.9. The van der Waals surface area contributed by atoms with Gasteiger partial charge in [-0.3, -0.25) is 4.79 Å². The van der Waals surface area contributed by atoms with Gasteiger partial charge in [-0.1, -0.05) is 62.9 Å². The van der Waals surface area contributed by atoms with Gasteiger partial charge in [0.05, 0.1) is 11.1 Å². The lowest BCUT2D eigenvalue weighted by molar-refractivity contribution is -0.118. The first-order valence-corrected chi connectivity index (χ1v) is 14.3. The van der Waals surface area contributed by atoms with Gasteiger partial charge >= 0.3 is 0 Å². The van der Waals surface area contributed by atoms with E-state index in [2.05, 4.69) is 42.0 Å². The van der Waals surface area contributed by atoms with Crippen LogP contribution in [0.3, 0.4) is 0 Å². The Kier molecular flexibility index (Phi) is 7.36. The van der Waals surface area contributed by atoms with Crippen molar-refractivity contribution >= 4 is 39.4 Å². The molecule has 2 aliphatic rings. The van der Waals surface area contributed by atoms with Crippen LogP contribution in [0.4, 0.5) is 5.95 Å². The SMILES string of the molecule is CCOc1cc(C2C3=C(CC(C)(C)CC3=O)Nc3nc(SCC)nn32)cc(Br)c1OCc1ccccc1. The minimum atomic E-state index is -0.410. The second-order valence-electron chi connectivity index (χ2n) is 9.99. The summed E-state index contributed by atoms with van der Waals surface area (Å²) in [6.45, 7) is 9.18. The van der Waals surface area contributed by atoms with Gasteiger partial charge in [-0.15, -0.1) is 5.10 Å². The maximum atomic E-state index is 13.6. The van der Waals surface area contributed by atoms with Gasteiger partial charge in [-0.25, -0.2) is 4.68 Å². The molecular weight excluding hydrogens is 552 g/mol. The molecule has 1 aromatic heterocycles. The molecule has 0 radical (unpaired) electrons. The first kappa shape index (κ1) is 25.9. The summed E-state index contributed by atoms with van der Waals surface area (Å²) >= 11 is 5.31. The maximum absolute atomic E-state index is 13.6. The van der Waals surface area contributed by atoms with E-state index in [0.717, 1.165) is 39.0 Å². The predicted octanol–water partition coefficient (Wildman–Crippen LogP) is 6.79. The third-order valence-electron chi connectivity index (χ3n) is 6.46. The Balaban J connectivity index is 1.60. The van der Waals surface area contributed by atoms with Crippen LogP contribution in [-0.2, 0) is 11.4 Å². The van der Waals surface area contributed by atoms with E-state index < -0.39 is 6.04 Å². The molecule has 1 atom stereocenters. The fourth-order valence-corrected chi connectivity index (χ4v) is 6.10. The quantitative estimate of drug-likeness (QED) is 0.293. The fourth-order valence-electron chi connectivity index (χ4n) is 4.97. The Bertz CT molecular complexity index is 1350. The molecule has 194 valence electrons. The number of carbonyl (C=O) groups is 1. The van der Waals surface area contributed by atoms with E-state index in [0.29, 0.717) is 42.2 Å². The number of hydrogen-bond acceptors (Lipinski definition) is 7. The van der Waals surface area contributed by atoms with Crippen LogP contribution in [0.25, 0.3) is 0 Å². The number of allylic oxidation sites excluding steroid dienone is 2. The zero-order chi connectivity index (χ0) is 26.2. The van der Waals surface area contributed by atoms with Crippen molar-refractivity contribution in [2.45, 2.75) is 58.3 Å². The molecule has 0 saturated carbocycles. The standard InChI is InChI=1S/C28H31BrN4O3S/c1-5-35-22-13-18(12-19(29)25(22)36-16-17-10-8-7-9-11-17)24-23-20(14-28(3,4)15-21(23)34)30-26-31-27(37-6-2)32-33(24)26/h7-13,24H,5-6,14-16H2,1-4H3,(H,30,31,32). The van der Waals surface area contributed by atoms with E-state index in [9.17, 15) is 4.79 Å². The highest BCUT2D eigenvalue weighted by molar-refractivity contribution is 9.10. The zero-order valence-electron chi connectivity index (χ0n) is 21.5. The van der Waals surface area contributed by atoms with Gasteiger partial charge in [0, 0.05) is 17.7 Å². The summed E-state index contributed by atoms with van der Waals surface area (Å²) in [5, 5.41) is 8.92. The van der Waals surface area contributed by atoms with Crippen molar-refractivity contribution in [2.24, 2.45) is 5.41 Å². The summed E-state index contributed by atoms with van der Waals surface area (Å²) in [6.07, 6.45) is 1.26. The summed E-state index contributed by atoms with van der Waals surface area (Å²) in [4.78, 5) is 18.3. The average molecular weight is 584 g/mol. The third-order valence-corrected chi connectivity index (χ3v) is 7.77.